The van der Waals surface area contributed by atoms with Gasteiger partial charge in [0.1, 0.15) is 5.75 Å². The zero-order valence-corrected chi connectivity index (χ0v) is 13.5. The van der Waals surface area contributed by atoms with Crippen molar-refractivity contribution < 1.29 is 4.74 Å². The second-order valence-corrected chi connectivity index (χ2v) is 6.69. The van der Waals surface area contributed by atoms with Gasteiger partial charge in [0.15, 0.2) is 0 Å². The van der Waals surface area contributed by atoms with Crippen molar-refractivity contribution in [1.29, 1.82) is 0 Å². The van der Waals surface area contributed by atoms with Gasteiger partial charge in [-0.2, -0.15) is 11.8 Å². The summed E-state index contributed by atoms with van der Waals surface area (Å²) in [5, 5.41) is 4.50. The maximum absolute atomic E-state index is 5.62. The molecule has 0 aromatic heterocycles. The molecule has 0 radical (unpaired) electrons. The Bertz CT molecular complexity index is 390. The Morgan fingerprint density at radius 2 is 2.10 bits per heavy atom. The Labute approximate surface area is 127 Å². The molecule has 1 aromatic carbocycles. The standard InChI is InChI=1S/C17H27NOS/c1-3-18-17(13-20-16-10-5-6-11-16)14-8-7-9-15(12-14)19-4-2/h7-9,12,16-18H,3-6,10-11,13H2,1-2H3. The normalized spacial score (nSPS) is 17.3. The van der Waals surface area contributed by atoms with Gasteiger partial charge in [0.25, 0.3) is 0 Å². The van der Waals surface area contributed by atoms with Gasteiger partial charge in [-0.1, -0.05) is 31.9 Å². The number of nitrogens with one attached hydrogen (secondary N) is 1. The maximum Gasteiger partial charge on any atom is 0.119 e. The highest BCUT2D eigenvalue weighted by atomic mass is 32.2. The van der Waals surface area contributed by atoms with Crippen LogP contribution in [0.25, 0.3) is 0 Å². The monoisotopic (exact) mass is 293 g/mol. The first-order valence-electron chi connectivity index (χ1n) is 7.91. The van der Waals surface area contributed by atoms with Gasteiger partial charge < -0.3 is 10.1 Å². The van der Waals surface area contributed by atoms with Crippen molar-refractivity contribution in [1.82, 2.24) is 5.32 Å². The smallest absolute Gasteiger partial charge is 0.119 e. The molecule has 1 aliphatic carbocycles. The molecule has 2 rings (SSSR count). The van der Waals surface area contributed by atoms with E-state index in [9.17, 15) is 0 Å². The van der Waals surface area contributed by atoms with Crippen LogP contribution in [0.15, 0.2) is 24.3 Å². The molecule has 1 saturated carbocycles. The van der Waals surface area contributed by atoms with Crippen molar-refractivity contribution in [2.24, 2.45) is 0 Å². The molecule has 0 saturated heterocycles. The van der Waals surface area contributed by atoms with Crippen LogP contribution in [0.4, 0.5) is 0 Å². The quantitative estimate of drug-likeness (QED) is 0.767. The van der Waals surface area contributed by atoms with Gasteiger partial charge in [0, 0.05) is 17.0 Å². The average Bonchev–Trinajstić information content (AvgIpc) is 2.97. The summed E-state index contributed by atoms with van der Waals surface area (Å²) < 4.78 is 5.62. The van der Waals surface area contributed by atoms with Crippen molar-refractivity contribution >= 4 is 11.8 Å². The Morgan fingerprint density at radius 3 is 2.80 bits per heavy atom. The molecule has 1 unspecified atom stereocenters. The first kappa shape index (κ1) is 15.7. The van der Waals surface area contributed by atoms with E-state index in [2.05, 4.69) is 42.2 Å². The molecule has 0 aliphatic heterocycles. The van der Waals surface area contributed by atoms with Gasteiger partial charge in [-0.15, -0.1) is 0 Å². The predicted octanol–water partition coefficient (Wildman–Crippen LogP) is 4.41. The summed E-state index contributed by atoms with van der Waals surface area (Å²) in [6.07, 6.45) is 5.65. The highest BCUT2D eigenvalue weighted by Gasteiger charge is 2.18. The van der Waals surface area contributed by atoms with E-state index in [1.165, 1.54) is 31.2 Å². The van der Waals surface area contributed by atoms with E-state index in [0.717, 1.165) is 29.9 Å². The lowest BCUT2D eigenvalue weighted by atomic mass is 10.1. The third kappa shape index (κ3) is 4.71. The molecular formula is C17H27NOS. The van der Waals surface area contributed by atoms with Crippen LogP contribution in [-0.2, 0) is 0 Å². The second kappa shape index (κ2) is 8.58. The Balaban J connectivity index is 1.96. The number of rotatable bonds is 8. The summed E-state index contributed by atoms with van der Waals surface area (Å²) in [7, 11) is 0. The molecule has 0 spiro atoms. The molecule has 20 heavy (non-hydrogen) atoms. The number of hydrogen-bond acceptors (Lipinski definition) is 3. The summed E-state index contributed by atoms with van der Waals surface area (Å²) in [4.78, 5) is 0. The molecule has 0 bridgehead atoms. The van der Waals surface area contributed by atoms with Crippen molar-refractivity contribution in [3.63, 3.8) is 0 Å². The Hall–Kier alpha value is -0.670. The van der Waals surface area contributed by atoms with E-state index >= 15 is 0 Å². The van der Waals surface area contributed by atoms with E-state index in [0.29, 0.717) is 6.04 Å². The van der Waals surface area contributed by atoms with Gasteiger partial charge in [0.2, 0.25) is 0 Å². The highest BCUT2D eigenvalue weighted by Crippen LogP contribution is 2.32. The van der Waals surface area contributed by atoms with Crippen LogP contribution in [0.2, 0.25) is 0 Å². The fourth-order valence-corrected chi connectivity index (χ4v) is 4.24. The fourth-order valence-electron chi connectivity index (χ4n) is 2.79. The second-order valence-electron chi connectivity index (χ2n) is 5.36. The SMILES string of the molecule is CCNC(CSC1CCCC1)c1cccc(OCC)c1. The fraction of sp³-hybridized carbons (Fsp3) is 0.647. The Kier molecular flexibility index (Phi) is 6.74. The number of ether oxygens (including phenoxy) is 1. The van der Waals surface area contributed by atoms with E-state index < -0.39 is 0 Å². The minimum Gasteiger partial charge on any atom is -0.494 e. The first-order chi connectivity index (χ1) is 9.83. The van der Waals surface area contributed by atoms with Crippen molar-refractivity contribution in [3.8, 4) is 5.75 Å². The molecule has 2 nitrogen and oxygen atoms in total. The van der Waals surface area contributed by atoms with Crippen LogP contribution in [0.5, 0.6) is 5.75 Å². The van der Waals surface area contributed by atoms with Gasteiger partial charge in [-0.3, -0.25) is 0 Å². The lowest BCUT2D eigenvalue weighted by Crippen LogP contribution is -2.23. The van der Waals surface area contributed by atoms with Crippen molar-refractivity contribution in [3.05, 3.63) is 29.8 Å². The van der Waals surface area contributed by atoms with E-state index in [-0.39, 0.29) is 0 Å². The molecule has 1 fully saturated rings. The molecule has 1 N–H and O–H groups in total. The number of thioether (sulfide) groups is 1. The summed E-state index contributed by atoms with van der Waals surface area (Å²) >= 11 is 2.14. The van der Waals surface area contributed by atoms with Gasteiger partial charge in [0.05, 0.1) is 6.61 Å². The van der Waals surface area contributed by atoms with Crippen molar-refractivity contribution in [2.45, 2.75) is 50.8 Å². The van der Waals surface area contributed by atoms with Crippen LogP contribution < -0.4 is 10.1 Å². The third-order valence-electron chi connectivity index (χ3n) is 3.82. The number of hydrogen-bond donors (Lipinski definition) is 1. The van der Waals surface area contributed by atoms with E-state index in [1.807, 2.05) is 13.0 Å². The highest BCUT2D eigenvalue weighted by molar-refractivity contribution is 7.99. The average molecular weight is 293 g/mol. The molecule has 0 amide bonds. The zero-order chi connectivity index (χ0) is 14.2. The lowest BCUT2D eigenvalue weighted by molar-refractivity contribution is 0.339. The van der Waals surface area contributed by atoms with Gasteiger partial charge in [-0.25, -0.2) is 0 Å². The van der Waals surface area contributed by atoms with Crippen LogP contribution in [-0.4, -0.2) is 24.2 Å². The molecule has 1 aliphatic rings. The molecule has 1 aromatic rings. The van der Waals surface area contributed by atoms with Crippen LogP contribution in [0, 0.1) is 0 Å². The van der Waals surface area contributed by atoms with Crippen LogP contribution in [0.1, 0.15) is 51.1 Å². The van der Waals surface area contributed by atoms with Gasteiger partial charge in [-0.05, 0) is 44.0 Å². The summed E-state index contributed by atoms with van der Waals surface area (Å²) in [5.74, 6) is 2.15. The first-order valence-corrected chi connectivity index (χ1v) is 8.96. The molecular weight excluding hydrogens is 266 g/mol. The van der Waals surface area contributed by atoms with Crippen molar-refractivity contribution in [2.75, 3.05) is 18.9 Å². The molecule has 112 valence electrons. The predicted molar refractivity (Wildman–Crippen MR) is 88.7 cm³/mol. The summed E-state index contributed by atoms with van der Waals surface area (Å²) in [6, 6.07) is 8.98. The largest absolute Gasteiger partial charge is 0.494 e. The molecule has 1 atom stereocenters. The molecule has 3 heteroatoms. The maximum atomic E-state index is 5.62. The minimum absolute atomic E-state index is 0.436. The third-order valence-corrected chi connectivity index (χ3v) is 5.29. The minimum atomic E-state index is 0.436. The van der Waals surface area contributed by atoms with E-state index in [4.69, 9.17) is 4.74 Å². The number of benzene rings is 1. The zero-order valence-electron chi connectivity index (χ0n) is 12.7. The summed E-state index contributed by atoms with van der Waals surface area (Å²) in [6.45, 7) is 5.95. The van der Waals surface area contributed by atoms with E-state index in [1.54, 1.807) is 0 Å². The van der Waals surface area contributed by atoms with Gasteiger partial charge >= 0.3 is 0 Å². The summed E-state index contributed by atoms with van der Waals surface area (Å²) in [5.41, 5.74) is 1.35. The van der Waals surface area contributed by atoms with Crippen LogP contribution >= 0.6 is 11.8 Å². The van der Waals surface area contributed by atoms with Crippen LogP contribution in [0.3, 0.4) is 0 Å². The lowest BCUT2D eigenvalue weighted by Gasteiger charge is -2.20. The Morgan fingerprint density at radius 1 is 1.30 bits per heavy atom. The topological polar surface area (TPSA) is 21.3 Å². The molecule has 0 heterocycles.